The van der Waals surface area contributed by atoms with Crippen molar-refractivity contribution in [3.8, 4) is 6.07 Å². The van der Waals surface area contributed by atoms with E-state index in [0.717, 1.165) is 19.6 Å². The van der Waals surface area contributed by atoms with Crippen molar-refractivity contribution < 1.29 is 18.9 Å². The summed E-state index contributed by atoms with van der Waals surface area (Å²) in [5, 5.41) is 14.3. The number of rotatable bonds is 8. The summed E-state index contributed by atoms with van der Waals surface area (Å²) in [6.45, 7) is 0.425. The van der Waals surface area contributed by atoms with Crippen molar-refractivity contribution >= 4 is 34.4 Å². The summed E-state index contributed by atoms with van der Waals surface area (Å²) in [5.41, 5.74) is 11.0. The van der Waals surface area contributed by atoms with Gasteiger partial charge in [0.25, 0.3) is 5.79 Å². The number of thioether (sulfide) groups is 1. The number of nitriles is 1. The van der Waals surface area contributed by atoms with Gasteiger partial charge < -0.3 is 18.9 Å². The van der Waals surface area contributed by atoms with E-state index >= 15 is 0 Å². The van der Waals surface area contributed by atoms with Gasteiger partial charge in [-0.05, 0) is 57.4 Å². The first-order chi connectivity index (χ1) is 18.6. The zero-order valence-corrected chi connectivity index (χ0v) is 23.3. The predicted molar refractivity (Wildman–Crippen MR) is 151 cm³/mol. The van der Waals surface area contributed by atoms with Crippen LogP contribution in [-0.2, 0) is 32.0 Å². The molecule has 3 aromatic carbocycles. The minimum absolute atomic E-state index is 0.121. The molecular formula is C28H25IN4O4S. The van der Waals surface area contributed by atoms with Gasteiger partial charge in [0, 0.05) is 19.8 Å². The molecule has 0 radical (unpaired) electrons. The molecular weight excluding hydrogens is 615 g/mol. The second-order valence-electron chi connectivity index (χ2n) is 8.96. The minimum Gasteiger partial charge on any atom is -0.369 e. The number of benzene rings is 3. The SMILES string of the molecule is N#CC1(Cc2ccccc2I)OC[C@H]2O[C@H](Sc3ccccc3)[C@@H](OCc3ccccc3)[C@@H](N=[N+]=[N-])[C@@H]2O1. The van der Waals surface area contributed by atoms with Gasteiger partial charge in [0.1, 0.15) is 29.8 Å². The minimum atomic E-state index is -1.54. The average Bonchev–Trinajstić information content (AvgIpc) is 2.95. The molecule has 0 spiro atoms. The molecule has 0 saturated carbocycles. The van der Waals surface area contributed by atoms with Crippen LogP contribution >= 0.6 is 34.4 Å². The number of nitrogens with zero attached hydrogens (tertiary/aromatic N) is 4. The number of halogens is 1. The van der Waals surface area contributed by atoms with Crippen LogP contribution in [0.15, 0.2) is 94.9 Å². The topological polar surface area (TPSA) is 109 Å². The van der Waals surface area contributed by atoms with Crippen LogP contribution in [0, 0.1) is 14.9 Å². The molecule has 0 aromatic heterocycles. The number of ether oxygens (including phenoxy) is 4. The van der Waals surface area contributed by atoms with Crippen LogP contribution in [-0.4, -0.2) is 42.2 Å². The van der Waals surface area contributed by atoms with Gasteiger partial charge in [-0.1, -0.05) is 83.6 Å². The van der Waals surface area contributed by atoms with Crippen LogP contribution in [0.4, 0.5) is 0 Å². The standard InChI is InChI=1S/C28H25IN4O4S/c29-22-14-8-7-11-20(22)15-28(18-30)35-17-23-25(37-28)24(32-33-31)26(34-16-19-9-3-1-4-10-19)27(36-23)38-21-12-5-2-6-13-21/h1-14,23-27H,15-17H2/t23-,24+,25-,26+,27-,28?/m1/s1. The monoisotopic (exact) mass is 640 g/mol. The molecule has 0 aliphatic carbocycles. The fourth-order valence-corrected chi connectivity index (χ4v) is 6.32. The highest BCUT2D eigenvalue weighted by atomic mass is 127. The number of fused-ring (bicyclic) bond motifs is 1. The molecule has 6 atom stereocenters. The second kappa shape index (κ2) is 12.5. The highest BCUT2D eigenvalue weighted by Gasteiger charge is 2.54. The maximum absolute atomic E-state index is 10.2. The second-order valence-corrected chi connectivity index (χ2v) is 11.3. The van der Waals surface area contributed by atoms with Gasteiger partial charge >= 0.3 is 0 Å². The molecule has 8 nitrogen and oxygen atoms in total. The molecule has 38 heavy (non-hydrogen) atoms. The third-order valence-electron chi connectivity index (χ3n) is 6.44. The Labute approximate surface area is 239 Å². The zero-order chi connectivity index (χ0) is 26.4. The molecule has 194 valence electrons. The van der Waals surface area contributed by atoms with Crippen LogP contribution in [0.1, 0.15) is 11.1 Å². The van der Waals surface area contributed by atoms with Gasteiger partial charge in [-0.15, -0.1) is 0 Å². The van der Waals surface area contributed by atoms with E-state index in [1.165, 1.54) is 11.8 Å². The van der Waals surface area contributed by atoms with Crippen molar-refractivity contribution in [1.82, 2.24) is 0 Å². The Morgan fingerprint density at radius 1 is 1.08 bits per heavy atom. The lowest BCUT2D eigenvalue weighted by Crippen LogP contribution is -2.64. The van der Waals surface area contributed by atoms with Gasteiger partial charge in [0.15, 0.2) is 0 Å². The Morgan fingerprint density at radius 2 is 1.79 bits per heavy atom. The van der Waals surface area contributed by atoms with E-state index in [2.05, 4.69) is 38.7 Å². The highest BCUT2D eigenvalue weighted by molar-refractivity contribution is 14.1. The van der Waals surface area contributed by atoms with E-state index in [1.807, 2.05) is 84.9 Å². The Morgan fingerprint density at radius 3 is 2.50 bits per heavy atom. The summed E-state index contributed by atoms with van der Waals surface area (Å²) in [7, 11) is 0. The number of hydrogen-bond acceptors (Lipinski definition) is 7. The molecule has 3 aromatic rings. The van der Waals surface area contributed by atoms with E-state index in [0.29, 0.717) is 6.61 Å². The smallest absolute Gasteiger partial charge is 0.263 e. The molecule has 0 amide bonds. The summed E-state index contributed by atoms with van der Waals surface area (Å²) in [4.78, 5) is 4.14. The van der Waals surface area contributed by atoms with Gasteiger partial charge in [0.05, 0.1) is 19.3 Å². The molecule has 0 N–H and O–H groups in total. The van der Waals surface area contributed by atoms with E-state index in [-0.39, 0.29) is 13.0 Å². The Bertz CT molecular complexity index is 1320. The van der Waals surface area contributed by atoms with Crippen molar-refractivity contribution in [2.45, 2.75) is 53.5 Å². The molecule has 1 unspecified atom stereocenters. The van der Waals surface area contributed by atoms with Crippen molar-refractivity contribution in [3.63, 3.8) is 0 Å². The summed E-state index contributed by atoms with van der Waals surface area (Å²) in [6.07, 6.45) is -1.68. The molecule has 2 heterocycles. The molecule has 10 heteroatoms. The molecule has 2 fully saturated rings. The van der Waals surface area contributed by atoms with E-state index in [9.17, 15) is 10.8 Å². The zero-order valence-electron chi connectivity index (χ0n) is 20.3. The van der Waals surface area contributed by atoms with Crippen LogP contribution < -0.4 is 0 Å². The molecule has 2 saturated heterocycles. The Balaban J connectivity index is 1.44. The highest BCUT2D eigenvalue weighted by Crippen LogP contribution is 2.41. The van der Waals surface area contributed by atoms with Gasteiger partial charge in [-0.25, -0.2) is 0 Å². The normalized spacial score (nSPS) is 28.5. The average molecular weight is 641 g/mol. The van der Waals surface area contributed by atoms with Crippen LogP contribution in [0.2, 0.25) is 0 Å². The van der Waals surface area contributed by atoms with E-state index < -0.39 is 35.6 Å². The maximum atomic E-state index is 10.2. The third-order valence-corrected chi connectivity index (χ3v) is 8.65. The summed E-state index contributed by atoms with van der Waals surface area (Å²) >= 11 is 3.73. The largest absolute Gasteiger partial charge is 0.369 e. The lowest BCUT2D eigenvalue weighted by atomic mass is 9.94. The lowest BCUT2D eigenvalue weighted by molar-refractivity contribution is -0.326. The molecule has 0 bridgehead atoms. The van der Waals surface area contributed by atoms with Crippen molar-refractivity contribution in [1.29, 1.82) is 5.26 Å². The quantitative estimate of drug-likeness (QED) is 0.125. The van der Waals surface area contributed by atoms with Gasteiger partial charge in [-0.2, -0.15) is 5.26 Å². The summed E-state index contributed by atoms with van der Waals surface area (Å²) in [6, 6.07) is 28.9. The number of hydrogen-bond donors (Lipinski definition) is 0. The first-order valence-electron chi connectivity index (χ1n) is 12.1. The maximum Gasteiger partial charge on any atom is 0.263 e. The van der Waals surface area contributed by atoms with Crippen LogP contribution in [0.5, 0.6) is 0 Å². The van der Waals surface area contributed by atoms with E-state index in [1.54, 1.807) is 0 Å². The fourth-order valence-electron chi connectivity index (χ4n) is 4.59. The van der Waals surface area contributed by atoms with Crippen LogP contribution in [0.25, 0.3) is 10.4 Å². The van der Waals surface area contributed by atoms with Crippen LogP contribution in [0.3, 0.4) is 0 Å². The van der Waals surface area contributed by atoms with Crippen molar-refractivity contribution in [3.05, 3.63) is 110 Å². The number of azide groups is 1. The summed E-state index contributed by atoms with van der Waals surface area (Å²) < 4.78 is 26.3. The predicted octanol–water partition coefficient (Wildman–Crippen LogP) is 6.25. The third kappa shape index (κ3) is 6.16. The Hall–Kier alpha value is -2.62. The van der Waals surface area contributed by atoms with Crippen molar-refractivity contribution in [2.24, 2.45) is 5.11 Å². The first-order valence-corrected chi connectivity index (χ1v) is 14.1. The van der Waals surface area contributed by atoms with E-state index in [4.69, 9.17) is 18.9 Å². The van der Waals surface area contributed by atoms with Gasteiger partial charge in [-0.3, -0.25) is 0 Å². The van der Waals surface area contributed by atoms with Crippen molar-refractivity contribution in [2.75, 3.05) is 6.61 Å². The first kappa shape index (κ1) is 27.0. The van der Waals surface area contributed by atoms with Gasteiger partial charge in [0.2, 0.25) is 0 Å². The molecule has 2 aliphatic rings. The lowest BCUT2D eigenvalue weighted by Gasteiger charge is -2.49. The Kier molecular flexibility index (Phi) is 8.86. The fraction of sp³-hybridized carbons (Fsp3) is 0.321. The summed E-state index contributed by atoms with van der Waals surface area (Å²) in [5.74, 6) is -1.54. The molecule has 2 aliphatic heterocycles. The molecule has 5 rings (SSSR count).